The van der Waals surface area contributed by atoms with Crippen molar-refractivity contribution < 1.29 is 9.59 Å². The smallest absolute Gasteiger partial charge is 0.143 e. The first-order valence-corrected chi connectivity index (χ1v) is 4.24. The summed E-state index contributed by atoms with van der Waals surface area (Å²) in [6.07, 6.45) is 5.08. The van der Waals surface area contributed by atoms with Gasteiger partial charge in [-0.1, -0.05) is 11.6 Å². The highest BCUT2D eigenvalue weighted by atomic mass is 16.1. The first-order valence-electron chi connectivity index (χ1n) is 4.24. The third-order valence-corrected chi connectivity index (χ3v) is 2.60. The maximum absolute atomic E-state index is 11.2. The van der Waals surface area contributed by atoms with Crippen LogP contribution in [0.15, 0.2) is 11.6 Å². The zero-order valence-electron chi connectivity index (χ0n) is 7.59. The maximum atomic E-state index is 11.2. The highest BCUT2D eigenvalue weighted by Crippen LogP contribution is 2.34. The average Bonchev–Trinajstić information content (AvgIpc) is 2.04. The van der Waals surface area contributed by atoms with Gasteiger partial charge in [0.2, 0.25) is 0 Å². The van der Waals surface area contributed by atoms with Crippen molar-refractivity contribution in [1.82, 2.24) is 0 Å². The van der Waals surface area contributed by atoms with E-state index in [-0.39, 0.29) is 5.78 Å². The molecule has 0 aliphatic heterocycles. The minimum atomic E-state index is -0.696. The van der Waals surface area contributed by atoms with Gasteiger partial charge < -0.3 is 4.79 Å². The Balaban J connectivity index is 2.90. The van der Waals surface area contributed by atoms with Gasteiger partial charge in [-0.25, -0.2) is 0 Å². The van der Waals surface area contributed by atoms with Crippen molar-refractivity contribution in [3.63, 3.8) is 0 Å². The summed E-state index contributed by atoms with van der Waals surface area (Å²) in [5.74, 6) is 0.00458. The van der Waals surface area contributed by atoms with Crippen molar-refractivity contribution >= 4 is 12.1 Å². The lowest BCUT2D eigenvalue weighted by Crippen LogP contribution is -2.32. The lowest BCUT2D eigenvalue weighted by molar-refractivity contribution is -0.133. The van der Waals surface area contributed by atoms with Crippen molar-refractivity contribution in [1.29, 1.82) is 0 Å². The van der Waals surface area contributed by atoms with E-state index in [4.69, 9.17) is 0 Å². The predicted octanol–water partition coefficient (Wildman–Crippen LogP) is 1.89. The van der Waals surface area contributed by atoms with Crippen molar-refractivity contribution in [3.05, 3.63) is 11.6 Å². The quantitative estimate of drug-likeness (QED) is 0.356. The van der Waals surface area contributed by atoms with Gasteiger partial charge >= 0.3 is 0 Å². The molecule has 0 fully saturated rings. The first kappa shape index (κ1) is 9.17. The summed E-state index contributed by atoms with van der Waals surface area (Å²) in [6, 6.07) is 0. The highest BCUT2D eigenvalue weighted by Gasteiger charge is 2.36. The Labute approximate surface area is 72.7 Å². The molecular formula is C10H14O2. The number of aldehydes is 1. The molecule has 1 rings (SSSR count). The Bertz CT molecular complexity index is 240. The molecule has 0 heterocycles. The Morgan fingerprint density at radius 2 is 2.33 bits per heavy atom. The number of rotatable bonds is 2. The number of carbonyl (C=O) groups is 2. The second-order valence-corrected chi connectivity index (χ2v) is 3.60. The van der Waals surface area contributed by atoms with Gasteiger partial charge in [-0.2, -0.15) is 0 Å². The third-order valence-electron chi connectivity index (χ3n) is 2.60. The van der Waals surface area contributed by atoms with Gasteiger partial charge in [0.05, 0.1) is 5.41 Å². The Hall–Kier alpha value is -0.920. The van der Waals surface area contributed by atoms with E-state index in [1.165, 1.54) is 6.92 Å². The van der Waals surface area contributed by atoms with E-state index in [0.29, 0.717) is 12.8 Å². The minimum absolute atomic E-state index is 0.00458. The zero-order chi connectivity index (χ0) is 9.19. The number of hydrogen-bond donors (Lipinski definition) is 0. The number of carbonyl (C=O) groups excluding carboxylic acids is 2. The summed E-state index contributed by atoms with van der Waals surface area (Å²) in [5, 5.41) is 0. The van der Waals surface area contributed by atoms with E-state index in [2.05, 4.69) is 6.08 Å². The lowest BCUT2D eigenvalue weighted by atomic mass is 9.73. The fourth-order valence-electron chi connectivity index (χ4n) is 1.72. The second-order valence-electron chi connectivity index (χ2n) is 3.60. The fraction of sp³-hybridized carbons (Fsp3) is 0.600. The average molecular weight is 166 g/mol. The number of Topliss-reactive ketones (excluding diaryl/α,β-unsaturated/α-hetero) is 1. The van der Waals surface area contributed by atoms with Crippen molar-refractivity contribution in [2.45, 2.75) is 33.1 Å². The lowest BCUT2D eigenvalue weighted by Gasteiger charge is -2.28. The van der Waals surface area contributed by atoms with E-state index < -0.39 is 5.41 Å². The molecule has 0 radical (unpaired) electrons. The van der Waals surface area contributed by atoms with Crippen LogP contribution in [0.5, 0.6) is 0 Å². The summed E-state index contributed by atoms with van der Waals surface area (Å²) in [5.41, 5.74) is 0.460. The molecule has 0 N–H and O–H groups in total. The standard InChI is InChI=1S/C10H14O2/c1-8-4-3-5-10(6-8,7-11)9(2)12/h4,7H,3,5-6H2,1-2H3. The van der Waals surface area contributed by atoms with Crippen LogP contribution < -0.4 is 0 Å². The highest BCUT2D eigenvalue weighted by molar-refractivity contribution is 5.97. The van der Waals surface area contributed by atoms with Crippen LogP contribution in [0.1, 0.15) is 33.1 Å². The second kappa shape index (κ2) is 3.21. The molecule has 0 amide bonds. The van der Waals surface area contributed by atoms with Crippen molar-refractivity contribution in [3.8, 4) is 0 Å². The van der Waals surface area contributed by atoms with E-state index in [1.807, 2.05) is 6.92 Å². The van der Waals surface area contributed by atoms with Gasteiger partial charge in [-0.15, -0.1) is 0 Å². The summed E-state index contributed by atoms with van der Waals surface area (Å²) >= 11 is 0. The van der Waals surface area contributed by atoms with Crippen LogP contribution in [-0.2, 0) is 9.59 Å². The molecule has 1 atom stereocenters. The third kappa shape index (κ3) is 1.47. The van der Waals surface area contributed by atoms with Crippen LogP contribution in [-0.4, -0.2) is 12.1 Å². The Morgan fingerprint density at radius 1 is 1.67 bits per heavy atom. The summed E-state index contributed by atoms with van der Waals surface area (Å²) < 4.78 is 0. The van der Waals surface area contributed by atoms with Gasteiger partial charge in [-0.05, 0) is 33.1 Å². The van der Waals surface area contributed by atoms with E-state index in [9.17, 15) is 9.59 Å². The number of ketones is 1. The zero-order valence-corrected chi connectivity index (χ0v) is 7.59. The van der Waals surface area contributed by atoms with Gasteiger partial charge in [0.1, 0.15) is 12.1 Å². The van der Waals surface area contributed by atoms with Crippen LogP contribution in [0, 0.1) is 5.41 Å². The molecule has 0 bridgehead atoms. The predicted molar refractivity (Wildman–Crippen MR) is 46.8 cm³/mol. The Morgan fingerprint density at radius 3 is 2.67 bits per heavy atom. The van der Waals surface area contributed by atoms with Crippen LogP contribution in [0.2, 0.25) is 0 Å². The van der Waals surface area contributed by atoms with E-state index >= 15 is 0 Å². The minimum Gasteiger partial charge on any atom is -0.302 e. The summed E-state index contributed by atoms with van der Waals surface area (Å²) in [6.45, 7) is 3.48. The maximum Gasteiger partial charge on any atom is 0.143 e. The number of allylic oxidation sites excluding steroid dienone is 2. The number of hydrogen-bond acceptors (Lipinski definition) is 2. The molecule has 0 aromatic rings. The molecule has 0 aromatic carbocycles. The van der Waals surface area contributed by atoms with Crippen LogP contribution in [0.3, 0.4) is 0 Å². The molecule has 1 aliphatic rings. The van der Waals surface area contributed by atoms with Gasteiger partial charge in [0.15, 0.2) is 0 Å². The molecule has 1 aliphatic carbocycles. The summed E-state index contributed by atoms with van der Waals surface area (Å²) in [4.78, 5) is 22.1. The molecule has 66 valence electrons. The van der Waals surface area contributed by atoms with Crippen LogP contribution in [0.25, 0.3) is 0 Å². The normalized spacial score (nSPS) is 29.3. The fourth-order valence-corrected chi connectivity index (χ4v) is 1.72. The SMILES string of the molecule is CC(=O)C1(C=O)CCC=C(C)C1. The van der Waals surface area contributed by atoms with Gasteiger partial charge in [0, 0.05) is 0 Å². The molecule has 1 unspecified atom stereocenters. The molecule has 2 nitrogen and oxygen atoms in total. The molecular weight excluding hydrogens is 152 g/mol. The summed E-state index contributed by atoms with van der Waals surface area (Å²) in [7, 11) is 0. The van der Waals surface area contributed by atoms with Crippen molar-refractivity contribution in [2.75, 3.05) is 0 Å². The van der Waals surface area contributed by atoms with E-state index in [0.717, 1.165) is 18.3 Å². The monoisotopic (exact) mass is 166 g/mol. The van der Waals surface area contributed by atoms with Gasteiger partial charge in [0.25, 0.3) is 0 Å². The molecule has 0 spiro atoms. The molecule has 0 aromatic heterocycles. The molecule has 0 saturated carbocycles. The van der Waals surface area contributed by atoms with Crippen LogP contribution in [0.4, 0.5) is 0 Å². The molecule has 2 heteroatoms. The topological polar surface area (TPSA) is 34.1 Å². The largest absolute Gasteiger partial charge is 0.302 e. The molecule has 12 heavy (non-hydrogen) atoms. The van der Waals surface area contributed by atoms with Gasteiger partial charge in [-0.3, -0.25) is 4.79 Å². The van der Waals surface area contributed by atoms with Crippen LogP contribution >= 0.6 is 0 Å². The Kier molecular flexibility index (Phi) is 2.46. The van der Waals surface area contributed by atoms with Crippen molar-refractivity contribution in [2.24, 2.45) is 5.41 Å². The molecule has 0 saturated heterocycles. The van der Waals surface area contributed by atoms with E-state index in [1.54, 1.807) is 0 Å². The first-order chi connectivity index (χ1) is 5.60.